The molecule has 1 unspecified atom stereocenters. The molecule has 0 aliphatic rings. The van der Waals surface area contributed by atoms with Crippen LogP contribution in [0.1, 0.15) is 17.2 Å². The van der Waals surface area contributed by atoms with Gasteiger partial charge in [-0.3, -0.25) is 4.98 Å². The third kappa shape index (κ3) is 3.38. The average molecular weight is 297 g/mol. The van der Waals surface area contributed by atoms with Crippen LogP contribution in [-0.4, -0.2) is 12.1 Å². The van der Waals surface area contributed by atoms with Crippen molar-refractivity contribution >= 4 is 23.2 Å². The van der Waals surface area contributed by atoms with E-state index in [1.54, 1.807) is 31.6 Å². The van der Waals surface area contributed by atoms with E-state index >= 15 is 0 Å². The molecule has 2 rings (SSSR count). The molecule has 0 fully saturated rings. The van der Waals surface area contributed by atoms with E-state index in [1.807, 2.05) is 12.1 Å². The van der Waals surface area contributed by atoms with Gasteiger partial charge in [-0.2, -0.15) is 0 Å². The van der Waals surface area contributed by atoms with E-state index in [0.29, 0.717) is 22.2 Å². The summed E-state index contributed by atoms with van der Waals surface area (Å²) >= 11 is 12.3. The molecule has 2 aromatic rings. The van der Waals surface area contributed by atoms with Gasteiger partial charge >= 0.3 is 0 Å². The Bertz CT molecular complexity index is 555. The molecule has 0 aliphatic heterocycles. The number of rotatable bonds is 4. The Labute approximate surface area is 122 Å². The molecule has 0 radical (unpaired) electrons. The van der Waals surface area contributed by atoms with Gasteiger partial charge in [0, 0.05) is 22.3 Å². The van der Waals surface area contributed by atoms with E-state index in [4.69, 9.17) is 33.7 Å². The number of benzene rings is 1. The summed E-state index contributed by atoms with van der Waals surface area (Å²) in [5.74, 6) is 0.679. The fourth-order valence-electron chi connectivity index (χ4n) is 1.82. The predicted molar refractivity (Wildman–Crippen MR) is 77.9 cm³/mol. The van der Waals surface area contributed by atoms with E-state index in [0.717, 1.165) is 11.1 Å². The standard InChI is InChI=1S/C14H14Cl2N2O/c1-19-10-5-9(7-18-8-10)14(17)6-11-12(15)3-2-4-13(11)16/h2-5,7-8,14H,6,17H2,1H3. The van der Waals surface area contributed by atoms with Crippen molar-refractivity contribution in [3.63, 3.8) is 0 Å². The Hall–Kier alpha value is -1.29. The number of hydrogen-bond acceptors (Lipinski definition) is 3. The summed E-state index contributed by atoms with van der Waals surface area (Å²) < 4.78 is 5.13. The van der Waals surface area contributed by atoms with Crippen LogP contribution in [0.4, 0.5) is 0 Å². The summed E-state index contributed by atoms with van der Waals surface area (Å²) in [5.41, 5.74) is 7.91. The molecule has 5 heteroatoms. The minimum atomic E-state index is -0.236. The second-order valence-corrected chi connectivity index (χ2v) is 4.98. The highest BCUT2D eigenvalue weighted by Crippen LogP contribution is 2.28. The van der Waals surface area contributed by atoms with E-state index in [1.165, 1.54) is 0 Å². The average Bonchev–Trinajstić information content (AvgIpc) is 2.43. The maximum Gasteiger partial charge on any atom is 0.137 e. The van der Waals surface area contributed by atoms with Crippen LogP contribution >= 0.6 is 23.2 Å². The van der Waals surface area contributed by atoms with E-state index in [2.05, 4.69) is 4.98 Å². The lowest BCUT2D eigenvalue weighted by Crippen LogP contribution is -2.14. The van der Waals surface area contributed by atoms with Gasteiger partial charge in [-0.15, -0.1) is 0 Å². The van der Waals surface area contributed by atoms with Gasteiger partial charge < -0.3 is 10.5 Å². The second-order valence-electron chi connectivity index (χ2n) is 4.17. The molecule has 3 nitrogen and oxygen atoms in total. The zero-order chi connectivity index (χ0) is 13.8. The van der Waals surface area contributed by atoms with Crippen molar-refractivity contribution in [3.8, 4) is 5.75 Å². The van der Waals surface area contributed by atoms with Gasteiger partial charge in [0.1, 0.15) is 5.75 Å². The zero-order valence-electron chi connectivity index (χ0n) is 10.4. The highest BCUT2D eigenvalue weighted by molar-refractivity contribution is 6.36. The number of ether oxygens (including phenoxy) is 1. The summed E-state index contributed by atoms with van der Waals surface area (Å²) in [7, 11) is 1.59. The normalized spacial score (nSPS) is 12.2. The van der Waals surface area contributed by atoms with Crippen LogP contribution in [0.25, 0.3) is 0 Å². The Kier molecular flexibility index (Phi) is 4.64. The molecule has 19 heavy (non-hydrogen) atoms. The quantitative estimate of drug-likeness (QED) is 0.937. The first-order valence-corrected chi connectivity index (χ1v) is 6.55. The molecule has 0 amide bonds. The highest BCUT2D eigenvalue weighted by atomic mass is 35.5. The minimum Gasteiger partial charge on any atom is -0.495 e. The summed E-state index contributed by atoms with van der Waals surface area (Å²) in [6.45, 7) is 0. The van der Waals surface area contributed by atoms with Gasteiger partial charge in [-0.25, -0.2) is 0 Å². The van der Waals surface area contributed by atoms with Crippen molar-refractivity contribution in [2.45, 2.75) is 12.5 Å². The molecule has 0 bridgehead atoms. The lowest BCUT2D eigenvalue weighted by atomic mass is 10.0. The molecule has 0 saturated carbocycles. The molecule has 100 valence electrons. The summed E-state index contributed by atoms with van der Waals surface area (Å²) in [6.07, 6.45) is 3.91. The third-order valence-electron chi connectivity index (χ3n) is 2.88. The highest BCUT2D eigenvalue weighted by Gasteiger charge is 2.13. The topological polar surface area (TPSA) is 48.1 Å². The lowest BCUT2D eigenvalue weighted by molar-refractivity contribution is 0.411. The summed E-state index contributed by atoms with van der Waals surface area (Å²) in [6, 6.07) is 7.05. The first kappa shape index (κ1) is 14.1. The molecule has 1 heterocycles. The monoisotopic (exact) mass is 296 g/mol. The van der Waals surface area contributed by atoms with Crippen molar-refractivity contribution in [3.05, 3.63) is 57.8 Å². The number of pyridine rings is 1. The van der Waals surface area contributed by atoms with Gasteiger partial charge in [-0.1, -0.05) is 29.3 Å². The number of nitrogens with two attached hydrogens (primary N) is 1. The first-order chi connectivity index (χ1) is 9.11. The van der Waals surface area contributed by atoms with E-state index < -0.39 is 0 Å². The maximum atomic E-state index is 6.18. The van der Waals surface area contributed by atoms with Crippen LogP contribution < -0.4 is 10.5 Å². The van der Waals surface area contributed by atoms with Crippen molar-refractivity contribution < 1.29 is 4.74 Å². The third-order valence-corrected chi connectivity index (χ3v) is 3.59. The molecule has 0 spiro atoms. The molecular formula is C14H14Cl2N2O. The van der Waals surface area contributed by atoms with E-state index in [9.17, 15) is 0 Å². The van der Waals surface area contributed by atoms with Crippen LogP contribution in [0.2, 0.25) is 10.0 Å². The number of hydrogen-bond donors (Lipinski definition) is 1. The zero-order valence-corrected chi connectivity index (χ0v) is 11.9. The SMILES string of the molecule is COc1cncc(C(N)Cc2c(Cl)cccc2Cl)c1. The molecule has 1 atom stereocenters. The molecule has 0 saturated heterocycles. The maximum absolute atomic E-state index is 6.18. The van der Waals surface area contributed by atoms with Crippen LogP contribution in [0.15, 0.2) is 36.7 Å². The molecule has 0 aliphatic carbocycles. The number of aromatic nitrogens is 1. The Morgan fingerprint density at radius 2 is 1.95 bits per heavy atom. The Morgan fingerprint density at radius 1 is 1.26 bits per heavy atom. The van der Waals surface area contributed by atoms with Crippen LogP contribution in [-0.2, 0) is 6.42 Å². The smallest absolute Gasteiger partial charge is 0.137 e. The van der Waals surface area contributed by atoms with Crippen molar-refractivity contribution in [2.75, 3.05) is 7.11 Å². The summed E-state index contributed by atoms with van der Waals surface area (Å²) in [5, 5.41) is 1.25. The fourth-order valence-corrected chi connectivity index (χ4v) is 2.37. The lowest BCUT2D eigenvalue weighted by Gasteiger charge is -2.14. The molecule has 1 aromatic carbocycles. The van der Waals surface area contributed by atoms with Crippen LogP contribution in [0.3, 0.4) is 0 Å². The number of methoxy groups -OCH3 is 1. The van der Waals surface area contributed by atoms with Gasteiger partial charge in [0.2, 0.25) is 0 Å². The fraction of sp³-hybridized carbons (Fsp3) is 0.214. The van der Waals surface area contributed by atoms with E-state index in [-0.39, 0.29) is 6.04 Å². The predicted octanol–water partition coefficient (Wildman–Crippen LogP) is 3.64. The first-order valence-electron chi connectivity index (χ1n) is 5.79. The number of nitrogens with zero attached hydrogens (tertiary/aromatic N) is 1. The molecular weight excluding hydrogens is 283 g/mol. The Balaban J connectivity index is 2.23. The number of halogens is 2. The summed E-state index contributed by atoms with van der Waals surface area (Å²) in [4.78, 5) is 4.09. The molecule has 1 aromatic heterocycles. The van der Waals surface area contributed by atoms with Crippen LogP contribution in [0, 0.1) is 0 Å². The Morgan fingerprint density at radius 3 is 2.58 bits per heavy atom. The second kappa shape index (κ2) is 6.24. The van der Waals surface area contributed by atoms with Gasteiger partial charge in [0.25, 0.3) is 0 Å². The van der Waals surface area contributed by atoms with Gasteiger partial charge in [0.15, 0.2) is 0 Å². The van der Waals surface area contributed by atoms with Crippen molar-refractivity contribution in [1.29, 1.82) is 0 Å². The van der Waals surface area contributed by atoms with Gasteiger partial charge in [0.05, 0.1) is 13.3 Å². The van der Waals surface area contributed by atoms with Gasteiger partial charge in [-0.05, 0) is 35.7 Å². The minimum absolute atomic E-state index is 0.236. The molecule has 2 N–H and O–H groups in total. The largest absolute Gasteiger partial charge is 0.495 e. The van der Waals surface area contributed by atoms with Crippen LogP contribution in [0.5, 0.6) is 5.75 Å². The van der Waals surface area contributed by atoms with Crippen molar-refractivity contribution in [1.82, 2.24) is 4.98 Å². The van der Waals surface area contributed by atoms with Crippen molar-refractivity contribution in [2.24, 2.45) is 5.73 Å².